The predicted molar refractivity (Wildman–Crippen MR) is 111 cm³/mol. The van der Waals surface area contributed by atoms with E-state index in [4.69, 9.17) is 23.8 Å². The van der Waals surface area contributed by atoms with Gasteiger partial charge in [-0.05, 0) is 61.5 Å². The number of thiocarbonyl (C=S) groups is 1. The summed E-state index contributed by atoms with van der Waals surface area (Å²) < 4.78 is 0. The number of hydrogen-bond donors (Lipinski definition) is 2. The van der Waals surface area contributed by atoms with Crippen molar-refractivity contribution in [1.82, 2.24) is 10.3 Å². The monoisotopic (exact) mass is 391 g/mol. The van der Waals surface area contributed by atoms with Gasteiger partial charge in [-0.3, -0.25) is 0 Å². The molecule has 1 aromatic heterocycles. The van der Waals surface area contributed by atoms with Crippen LogP contribution in [0, 0.1) is 0 Å². The molecule has 0 saturated heterocycles. The number of hydrogen-bond acceptors (Lipinski definition) is 3. The molecule has 1 aliphatic carbocycles. The molecular weight excluding hydrogens is 370 g/mol. The van der Waals surface area contributed by atoms with Gasteiger partial charge in [0, 0.05) is 22.2 Å². The molecule has 1 saturated carbocycles. The standard InChI is InChI=1S/C19H22ClN3S2/c20-14-9-11-16(12-10-14)25-18-17(8-5-13-21-18)23-19(24)22-15-6-3-1-2-4-7-15/h5,8-13,15H,1-4,6-7H2,(H2,22,23,24). The molecular formula is C19H22ClN3S2. The van der Waals surface area contributed by atoms with Crippen molar-refractivity contribution in [2.24, 2.45) is 0 Å². The van der Waals surface area contributed by atoms with E-state index in [2.05, 4.69) is 15.6 Å². The zero-order valence-corrected chi connectivity index (χ0v) is 16.4. The Bertz CT molecular complexity index is 698. The molecule has 3 rings (SSSR count). The molecule has 0 amide bonds. The molecule has 0 radical (unpaired) electrons. The number of halogens is 1. The predicted octanol–water partition coefficient (Wildman–Crippen LogP) is 5.90. The van der Waals surface area contributed by atoms with E-state index in [1.807, 2.05) is 36.4 Å². The second kappa shape index (κ2) is 9.41. The number of benzene rings is 1. The molecule has 0 unspecified atom stereocenters. The largest absolute Gasteiger partial charge is 0.360 e. The molecule has 1 heterocycles. The molecule has 0 spiro atoms. The van der Waals surface area contributed by atoms with Gasteiger partial charge in [-0.2, -0.15) is 0 Å². The van der Waals surface area contributed by atoms with Crippen LogP contribution in [0.15, 0.2) is 52.5 Å². The van der Waals surface area contributed by atoms with E-state index < -0.39 is 0 Å². The summed E-state index contributed by atoms with van der Waals surface area (Å²) >= 11 is 13.1. The lowest BCUT2D eigenvalue weighted by Crippen LogP contribution is -2.37. The van der Waals surface area contributed by atoms with Gasteiger partial charge in [0.1, 0.15) is 5.03 Å². The van der Waals surface area contributed by atoms with Crippen LogP contribution in [0.2, 0.25) is 5.02 Å². The number of nitrogens with one attached hydrogen (secondary N) is 2. The van der Waals surface area contributed by atoms with Crippen molar-refractivity contribution < 1.29 is 0 Å². The fourth-order valence-corrected chi connectivity index (χ4v) is 4.19. The van der Waals surface area contributed by atoms with E-state index in [9.17, 15) is 0 Å². The second-order valence-electron chi connectivity index (χ2n) is 6.20. The summed E-state index contributed by atoms with van der Waals surface area (Å²) in [5.41, 5.74) is 0.925. The molecule has 0 bridgehead atoms. The Morgan fingerprint density at radius 1 is 1.08 bits per heavy atom. The van der Waals surface area contributed by atoms with Gasteiger partial charge in [-0.25, -0.2) is 4.98 Å². The summed E-state index contributed by atoms with van der Waals surface area (Å²) in [5.74, 6) is 0. The van der Waals surface area contributed by atoms with Crippen LogP contribution in [-0.4, -0.2) is 16.1 Å². The first-order chi connectivity index (χ1) is 12.2. The highest BCUT2D eigenvalue weighted by atomic mass is 35.5. The van der Waals surface area contributed by atoms with E-state index in [0.29, 0.717) is 11.2 Å². The Kier molecular flexibility index (Phi) is 6.96. The smallest absolute Gasteiger partial charge is 0.171 e. The van der Waals surface area contributed by atoms with Crippen LogP contribution >= 0.6 is 35.6 Å². The first kappa shape index (κ1) is 18.5. The number of aromatic nitrogens is 1. The molecule has 1 fully saturated rings. The maximum atomic E-state index is 5.96. The van der Waals surface area contributed by atoms with E-state index in [1.54, 1.807) is 18.0 Å². The number of anilines is 1. The summed E-state index contributed by atoms with van der Waals surface area (Å²) in [5, 5.41) is 9.10. The zero-order valence-electron chi connectivity index (χ0n) is 14.0. The summed E-state index contributed by atoms with van der Waals surface area (Å²) in [6.45, 7) is 0. The van der Waals surface area contributed by atoms with Gasteiger partial charge in [-0.1, -0.05) is 49.0 Å². The Labute approximate surface area is 164 Å². The summed E-state index contributed by atoms with van der Waals surface area (Å²) in [7, 11) is 0. The minimum Gasteiger partial charge on any atom is -0.360 e. The third-order valence-electron chi connectivity index (χ3n) is 4.24. The lowest BCUT2D eigenvalue weighted by atomic mass is 10.1. The fraction of sp³-hybridized carbons (Fsp3) is 0.368. The van der Waals surface area contributed by atoms with Crippen LogP contribution in [0.4, 0.5) is 5.69 Å². The third-order valence-corrected chi connectivity index (χ3v) is 5.74. The fourth-order valence-electron chi connectivity index (χ4n) is 2.95. The van der Waals surface area contributed by atoms with Crippen molar-refractivity contribution in [3.05, 3.63) is 47.6 Å². The summed E-state index contributed by atoms with van der Waals surface area (Å²) in [6.07, 6.45) is 9.43. The van der Waals surface area contributed by atoms with E-state index in [-0.39, 0.29) is 0 Å². The number of pyridine rings is 1. The van der Waals surface area contributed by atoms with Crippen LogP contribution in [0.25, 0.3) is 0 Å². The van der Waals surface area contributed by atoms with Gasteiger partial charge in [0.25, 0.3) is 0 Å². The van der Waals surface area contributed by atoms with Crippen LogP contribution in [-0.2, 0) is 0 Å². The highest BCUT2D eigenvalue weighted by Gasteiger charge is 2.14. The first-order valence-corrected chi connectivity index (χ1v) is 10.3. The van der Waals surface area contributed by atoms with E-state index in [1.165, 1.54) is 38.5 Å². The first-order valence-electron chi connectivity index (χ1n) is 8.67. The normalized spacial score (nSPS) is 15.4. The second-order valence-corrected chi connectivity index (χ2v) is 8.11. The number of nitrogens with zero attached hydrogens (tertiary/aromatic N) is 1. The summed E-state index contributed by atoms with van der Waals surface area (Å²) in [4.78, 5) is 5.58. The molecule has 0 atom stereocenters. The molecule has 1 aliphatic rings. The van der Waals surface area contributed by atoms with Gasteiger partial charge in [0.15, 0.2) is 5.11 Å². The summed E-state index contributed by atoms with van der Waals surface area (Å²) in [6, 6.07) is 12.2. The molecule has 2 aromatic rings. The van der Waals surface area contributed by atoms with Gasteiger partial charge in [0.05, 0.1) is 5.69 Å². The van der Waals surface area contributed by atoms with Crippen molar-refractivity contribution in [1.29, 1.82) is 0 Å². The molecule has 25 heavy (non-hydrogen) atoms. The lowest BCUT2D eigenvalue weighted by molar-refractivity contribution is 0.535. The Morgan fingerprint density at radius 3 is 2.52 bits per heavy atom. The van der Waals surface area contributed by atoms with E-state index >= 15 is 0 Å². The van der Waals surface area contributed by atoms with Crippen molar-refractivity contribution in [2.75, 3.05) is 5.32 Å². The Hall–Kier alpha value is -1.30. The lowest BCUT2D eigenvalue weighted by Gasteiger charge is -2.19. The van der Waals surface area contributed by atoms with Crippen molar-refractivity contribution in [3.8, 4) is 0 Å². The van der Waals surface area contributed by atoms with Crippen LogP contribution in [0.1, 0.15) is 38.5 Å². The zero-order chi connectivity index (χ0) is 17.5. The molecule has 1 aromatic carbocycles. The van der Waals surface area contributed by atoms with Crippen LogP contribution in [0.5, 0.6) is 0 Å². The third kappa shape index (κ3) is 5.87. The van der Waals surface area contributed by atoms with E-state index in [0.717, 1.165) is 20.6 Å². The van der Waals surface area contributed by atoms with Crippen molar-refractivity contribution >= 4 is 46.4 Å². The highest BCUT2D eigenvalue weighted by Crippen LogP contribution is 2.32. The molecule has 3 nitrogen and oxygen atoms in total. The van der Waals surface area contributed by atoms with Crippen LogP contribution < -0.4 is 10.6 Å². The van der Waals surface area contributed by atoms with Crippen LogP contribution in [0.3, 0.4) is 0 Å². The maximum Gasteiger partial charge on any atom is 0.171 e. The Morgan fingerprint density at radius 2 is 1.80 bits per heavy atom. The number of rotatable bonds is 4. The SMILES string of the molecule is S=C(Nc1cccnc1Sc1ccc(Cl)cc1)NC1CCCCCC1. The maximum absolute atomic E-state index is 5.96. The minimum atomic E-state index is 0.478. The molecule has 2 N–H and O–H groups in total. The van der Waals surface area contributed by atoms with Crippen molar-refractivity contribution in [3.63, 3.8) is 0 Å². The van der Waals surface area contributed by atoms with Gasteiger partial charge in [0.2, 0.25) is 0 Å². The average molecular weight is 392 g/mol. The van der Waals surface area contributed by atoms with Gasteiger partial charge >= 0.3 is 0 Å². The van der Waals surface area contributed by atoms with Gasteiger partial charge in [-0.15, -0.1) is 0 Å². The average Bonchev–Trinajstić information content (AvgIpc) is 2.87. The quantitative estimate of drug-likeness (QED) is 0.501. The molecule has 0 aliphatic heterocycles. The minimum absolute atomic E-state index is 0.478. The topological polar surface area (TPSA) is 37.0 Å². The van der Waals surface area contributed by atoms with Gasteiger partial charge < -0.3 is 10.6 Å². The molecule has 6 heteroatoms. The molecule has 132 valence electrons. The Balaban J connectivity index is 1.63. The highest BCUT2D eigenvalue weighted by molar-refractivity contribution is 7.99. The van der Waals surface area contributed by atoms with Crippen molar-refractivity contribution in [2.45, 2.75) is 54.5 Å².